The lowest BCUT2D eigenvalue weighted by atomic mass is 10.1. The highest BCUT2D eigenvalue weighted by atomic mass is 16.5. The number of rotatable bonds is 1. The number of amides is 2. The second kappa shape index (κ2) is 4.30. The van der Waals surface area contributed by atoms with E-state index in [2.05, 4.69) is 5.32 Å². The largest absolute Gasteiger partial charge is 0.381 e. The summed E-state index contributed by atoms with van der Waals surface area (Å²) in [6.07, 6.45) is 1.90. The third kappa shape index (κ3) is 2.11. The molecule has 1 saturated heterocycles. The van der Waals surface area contributed by atoms with E-state index in [9.17, 15) is 4.79 Å². The standard InChI is InChI=1S/C8H16N2O2/c1-9-8(11)10(2)7-3-5-12-6-4-7/h7H,3-6H2,1-2H3,(H,9,11). The van der Waals surface area contributed by atoms with Crippen LogP contribution in [0.25, 0.3) is 0 Å². The molecule has 0 unspecified atom stereocenters. The summed E-state index contributed by atoms with van der Waals surface area (Å²) in [6.45, 7) is 1.54. The van der Waals surface area contributed by atoms with Gasteiger partial charge in [0.15, 0.2) is 0 Å². The van der Waals surface area contributed by atoms with Gasteiger partial charge in [-0.2, -0.15) is 0 Å². The van der Waals surface area contributed by atoms with Gasteiger partial charge in [0.05, 0.1) is 0 Å². The number of nitrogens with one attached hydrogen (secondary N) is 1. The predicted molar refractivity (Wildman–Crippen MR) is 46.1 cm³/mol. The lowest BCUT2D eigenvalue weighted by Gasteiger charge is -2.30. The molecule has 0 aromatic rings. The zero-order valence-corrected chi connectivity index (χ0v) is 7.67. The molecule has 0 saturated carbocycles. The van der Waals surface area contributed by atoms with Gasteiger partial charge in [0.1, 0.15) is 0 Å². The van der Waals surface area contributed by atoms with Crippen LogP contribution in [0.2, 0.25) is 0 Å². The van der Waals surface area contributed by atoms with Crippen LogP contribution in [0.15, 0.2) is 0 Å². The van der Waals surface area contributed by atoms with Gasteiger partial charge in [-0.15, -0.1) is 0 Å². The van der Waals surface area contributed by atoms with Crippen molar-refractivity contribution in [1.82, 2.24) is 10.2 Å². The predicted octanol–water partition coefficient (Wildman–Crippen LogP) is 0.437. The van der Waals surface area contributed by atoms with Crippen LogP contribution >= 0.6 is 0 Å². The van der Waals surface area contributed by atoms with Gasteiger partial charge in [0.2, 0.25) is 0 Å². The molecule has 2 amide bonds. The van der Waals surface area contributed by atoms with Gasteiger partial charge in [-0.05, 0) is 12.8 Å². The number of hydrogen-bond donors (Lipinski definition) is 1. The number of hydrogen-bond acceptors (Lipinski definition) is 2. The summed E-state index contributed by atoms with van der Waals surface area (Å²) in [7, 11) is 3.48. The maximum atomic E-state index is 11.2. The summed E-state index contributed by atoms with van der Waals surface area (Å²) >= 11 is 0. The zero-order chi connectivity index (χ0) is 8.97. The summed E-state index contributed by atoms with van der Waals surface area (Å²) in [4.78, 5) is 12.9. The van der Waals surface area contributed by atoms with Crippen molar-refractivity contribution in [2.45, 2.75) is 18.9 Å². The quantitative estimate of drug-likeness (QED) is 0.623. The minimum atomic E-state index is -0.0121. The van der Waals surface area contributed by atoms with Crippen LogP contribution in [0, 0.1) is 0 Å². The number of carbonyl (C=O) groups excluding carboxylic acids is 1. The van der Waals surface area contributed by atoms with E-state index in [0.29, 0.717) is 6.04 Å². The average molecular weight is 172 g/mol. The van der Waals surface area contributed by atoms with Crippen LogP contribution < -0.4 is 5.32 Å². The fourth-order valence-electron chi connectivity index (χ4n) is 1.41. The first-order valence-electron chi connectivity index (χ1n) is 4.28. The van der Waals surface area contributed by atoms with E-state index >= 15 is 0 Å². The van der Waals surface area contributed by atoms with Gasteiger partial charge in [0, 0.05) is 33.4 Å². The van der Waals surface area contributed by atoms with Gasteiger partial charge in [-0.25, -0.2) is 4.79 Å². The molecule has 0 aliphatic carbocycles. The van der Waals surface area contributed by atoms with Gasteiger partial charge >= 0.3 is 6.03 Å². The van der Waals surface area contributed by atoms with Crippen molar-refractivity contribution in [1.29, 1.82) is 0 Å². The molecule has 0 bridgehead atoms. The molecular weight excluding hydrogens is 156 g/mol. The normalized spacial score (nSPS) is 18.8. The van der Waals surface area contributed by atoms with Gasteiger partial charge < -0.3 is 15.0 Å². The topological polar surface area (TPSA) is 41.6 Å². The van der Waals surface area contributed by atoms with E-state index in [1.165, 1.54) is 0 Å². The first-order valence-corrected chi connectivity index (χ1v) is 4.28. The molecule has 1 rings (SSSR count). The highest BCUT2D eigenvalue weighted by Gasteiger charge is 2.21. The van der Waals surface area contributed by atoms with E-state index in [0.717, 1.165) is 26.1 Å². The summed E-state index contributed by atoms with van der Waals surface area (Å²) in [5.74, 6) is 0. The highest BCUT2D eigenvalue weighted by molar-refractivity contribution is 5.73. The maximum Gasteiger partial charge on any atom is 0.317 e. The minimum Gasteiger partial charge on any atom is -0.381 e. The Hall–Kier alpha value is -0.770. The molecular formula is C8H16N2O2. The Kier molecular flexibility index (Phi) is 3.34. The maximum absolute atomic E-state index is 11.2. The van der Waals surface area contributed by atoms with Gasteiger partial charge in [-0.1, -0.05) is 0 Å². The molecule has 1 aliphatic rings. The summed E-state index contributed by atoms with van der Waals surface area (Å²) < 4.78 is 5.20. The Bertz CT molecular complexity index is 155. The Balaban J connectivity index is 2.39. The first kappa shape index (κ1) is 9.32. The second-order valence-electron chi connectivity index (χ2n) is 3.01. The van der Waals surface area contributed by atoms with Crippen LogP contribution in [0.1, 0.15) is 12.8 Å². The third-order valence-electron chi connectivity index (χ3n) is 2.27. The third-order valence-corrected chi connectivity index (χ3v) is 2.27. The summed E-state index contributed by atoms with van der Waals surface area (Å²) in [5.41, 5.74) is 0. The smallest absolute Gasteiger partial charge is 0.317 e. The van der Waals surface area contributed by atoms with E-state index in [1.807, 2.05) is 7.05 Å². The van der Waals surface area contributed by atoms with Crippen LogP contribution in [-0.2, 0) is 4.74 Å². The molecule has 4 heteroatoms. The molecule has 0 spiro atoms. The average Bonchev–Trinajstić information content (AvgIpc) is 2.17. The molecule has 1 N–H and O–H groups in total. The molecule has 12 heavy (non-hydrogen) atoms. The zero-order valence-electron chi connectivity index (χ0n) is 7.67. The monoisotopic (exact) mass is 172 g/mol. The second-order valence-corrected chi connectivity index (χ2v) is 3.01. The van der Waals surface area contributed by atoms with E-state index < -0.39 is 0 Å². The molecule has 0 radical (unpaired) electrons. The first-order chi connectivity index (χ1) is 5.75. The molecule has 0 aromatic carbocycles. The van der Waals surface area contributed by atoms with Gasteiger partial charge in [0.25, 0.3) is 0 Å². The van der Waals surface area contributed by atoms with Crippen LogP contribution in [-0.4, -0.2) is 44.3 Å². The van der Waals surface area contributed by atoms with Gasteiger partial charge in [-0.3, -0.25) is 0 Å². The fourth-order valence-corrected chi connectivity index (χ4v) is 1.41. The number of urea groups is 1. The Labute approximate surface area is 72.9 Å². The van der Waals surface area contributed by atoms with Crippen molar-refractivity contribution >= 4 is 6.03 Å². The van der Waals surface area contributed by atoms with Crippen LogP contribution in [0.4, 0.5) is 4.79 Å². The van der Waals surface area contributed by atoms with E-state index in [-0.39, 0.29) is 6.03 Å². The lowest BCUT2D eigenvalue weighted by Crippen LogP contribution is -2.44. The molecule has 1 aliphatic heterocycles. The van der Waals surface area contributed by atoms with E-state index in [4.69, 9.17) is 4.74 Å². The van der Waals surface area contributed by atoms with Crippen molar-refractivity contribution in [3.8, 4) is 0 Å². The van der Waals surface area contributed by atoms with Crippen molar-refractivity contribution in [3.05, 3.63) is 0 Å². The highest BCUT2D eigenvalue weighted by Crippen LogP contribution is 2.12. The van der Waals surface area contributed by atoms with Crippen molar-refractivity contribution < 1.29 is 9.53 Å². The molecule has 4 nitrogen and oxygen atoms in total. The Morgan fingerprint density at radius 2 is 2.08 bits per heavy atom. The van der Waals surface area contributed by atoms with Crippen molar-refractivity contribution in [2.75, 3.05) is 27.3 Å². The number of nitrogens with zero attached hydrogens (tertiary/aromatic N) is 1. The fraction of sp³-hybridized carbons (Fsp3) is 0.875. The SMILES string of the molecule is CNC(=O)N(C)C1CCOCC1. The molecule has 0 aromatic heterocycles. The minimum absolute atomic E-state index is 0.0121. The number of ether oxygens (including phenoxy) is 1. The van der Waals surface area contributed by atoms with Crippen molar-refractivity contribution in [2.24, 2.45) is 0 Å². The summed E-state index contributed by atoms with van der Waals surface area (Å²) in [6, 6.07) is 0.334. The van der Waals surface area contributed by atoms with Crippen molar-refractivity contribution in [3.63, 3.8) is 0 Å². The van der Waals surface area contributed by atoms with E-state index in [1.54, 1.807) is 11.9 Å². The molecule has 1 heterocycles. The Morgan fingerprint density at radius 1 is 1.50 bits per heavy atom. The molecule has 0 atom stereocenters. The van der Waals surface area contributed by atoms with Crippen LogP contribution in [0.5, 0.6) is 0 Å². The van der Waals surface area contributed by atoms with Crippen LogP contribution in [0.3, 0.4) is 0 Å². The number of carbonyl (C=O) groups is 1. The Morgan fingerprint density at radius 3 is 2.58 bits per heavy atom. The molecule has 70 valence electrons. The molecule has 1 fully saturated rings. The summed E-state index contributed by atoms with van der Waals surface area (Å²) in [5, 5.41) is 2.61. The lowest BCUT2D eigenvalue weighted by molar-refractivity contribution is 0.0529.